The van der Waals surface area contributed by atoms with Crippen molar-refractivity contribution in [2.45, 2.75) is 26.2 Å². The lowest BCUT2D eigenvalue weighted by Crippen LogP contribution is -2.30. The van der Waals surface area contributed by atoms with Crippen LogP contribution in [0, 0.1) is 0 Å². The van der Waals surface area contributed by atoms with Gasteiger partial charge in [-0.2, -0.15) is 0 Å². The van der Waals surface area contributed by atoms with Gasteiger partial charge in [-0.05, 0) is 6.42 Å². The maximum Gasteiger partial charge on any atom is 0.246 e. The molecule has 0 atom stereocenters. The van der Waals surface area contributed by atoms with Crippen LogP contribution in [0.5, 0.6) is 0 Å². The molecule has 0 aliphatic carbocycles. The van der Waals surface area contributed by atoms with Gasteiger partial charge in [-0.3, -0.25) is 14.4 Å². The molecule has 2 amide bonds. The molecular weight excluding hydrogens is 304 g/mol. The summed E-state index contributed by atoms with van der Waals surface area (Å²) >= 11 is 0. The molecular formula is C15H28N2O6. The summed E-state index contributed by atoms with van der Waals surface area (Å²) < 4.78 is 15.1. The molecule has 0 fully saturated rings. The third kappa shape index (κ3) is 15.2. The largest absolute Gasteiger partial charge is 0.377 e. The maximum absolute atomic E-state index is 11.5. The number of ether oxygens (including phenoxy) is 3. The SMILES string of the molecule is CCC(=O)NCCCC(=O)COCCOCCNC(=O)COC. The van der Waals surface area contributed by atoms with Crippen LogP contribution in [-0.4, -0.2) is 70.8 Å². The van der Waals surface area contributed by atoms with Crippen LogP contribution in [-0.2, 0) is 28.6 Å². The van der Waals surface area contributed by atoms with E-state index in [0.717, 1.165) is 0 Å². The highest BCUT2D eigenvalue weighted by molar-refractivity contribution is 5.79. The summed E-state index contributed by atoms with van der Waals surface area (Å²) in [6, 6.07) is 0. The number of ketones is 1. The summed E-state index contributed by atoms with van der Waals surface area (Å²) in [6.07, 6.45) is 1.45. The topological polar surface area (TPSA) is 103 Å². The molecule has 23 heavy (non-hydrogen) atoms. The van der Waals surface area contributed by atoms with Crippen molar-refractivity contribution in [1.82, 2.24) is 10.6 Å². The lowest BCUT2D eigenvalue weighted by Gasteiger charge is -2.07. The van der Waals surface area contributed by atoms with E-state index in [4.69, 9.17) is 9.47 Å². The minimum absolute atomic E-state index is 0.00239. The third-order valence-corrected chi connectivity index (χ3v) is 2.75. The lowest BCUT2D eigenvalue weighted by molar-refractivity contribution is -0.126. The van der Waals surface area contributed by atoms with Crippen LogP contribution < -0.4 is 10.6 Å². The van der Waals surface area contributed by atoms with Gasteiger partial charge in [0.2, 0.25) is 11.8 Å². The van der Waals surface area contributed by atoms with E-state index >= 15 is 0 Å². The summed E-state index contributed by atoms with van der Waals surface area (Å²) in [5.41, 5.74) is 0. The van der Waals surface area contributed by atoms with E-state index in [1.807, 2.05) is 0 Å². The van der Waals surface area contributed by atoms with Gasteiger partial charge in [-0.25, -0.2) is 0 Å². The monoisotopic (exact) mass is 332 g/mol. The minimum Gasteiger partial charge on any atom is -0.377 e. The van der Waals surface area contributed by atoms with Crippen LogP contribution in [0.15, 0.2) is 0 Å². The first-order valence-corrected chi connectivity index (χ1v) is 7.79. The number of carbonyl (C=O) groups is 3. The smallest absolute Gasteiger partial charge is 0.246 e. The molecule has 0 heterocycles. The average molecular weight is 332 g/mol. The Morgan fingerprint density at radius 3 is 2.26 bits per heavy atom. The highest BCUT2D eigenvalue weighted by Gasteiger charge is 2.03. The van der Waals surface area contributed by atoms with Gasteiger partial charge >= 0.3 is 0 Å². The molecule has 0 aromatic carbocycles. The van der Waals surface area contributed by atoms with Crippen molar-refractivity contribution in [2.75, 3.05) is 53.2 Å². The van der Waals surface area contributed by atoms with Gasteiger partial charge in [0.05, 0.1) is 19.8 Å². The Bertz CT molecular complexity index is 349. The zero-order valence-electron chi connectivity index (χ0n) is 14.0. The van der Waals surface area contributed by atoms with Crippen LogP contribution >= 0.6 is 0 Å². The predicted octanol–water partition coefficient (Wildman–Crippen LogP) is -0.342. The van der Waals surface area contributed by atoms with Gasteiger partial charge in [0.25, 0.3) is 0 Å². The molecule has 8 heteroatoms. The zero-order valence-corrected chi connectivity index (χ0v) is 14.0. The first kappa shape index (κ1) is 21.5. The Morgan fingerprint density at radius 1 is 0.870 bits per heavy atom. The van der Waals surface area contributed by atoms with Crippen molar-refractivity contribution in [2.24, 2.45) is 0 Å². The Kier molecular flexibility index (Phi) is 14.4. The standard InChI is InChI=1S/C15H28N2O6/c1-3-14(19)16-6-4-5-13(18)11-23-10-9-22-8-7-17-15(20)12-21-2/h3-12H2,1-2H3,(H,16,19)(H,17,20). The Balaban J connectivity index is 3.29. The lowest BCUT2D eigenvalue weighted by atomic mass is 10.2. The molecule has 0 unspecified atom stereocenters. The summed E-state index contributed by atoms with van der Waals surface area (Å²) in [5, 5.41) is 5.33. The van der Waals surface area contributed by atoms with E-state index in [1.165, 1.54) is 7.11 Å². The molecule has 8 nitrogen and oxygen atoms in total. The van der Waals surface area contributed by atoms with E-state index in [2.05, 4.69) is 15.4 Å². The molecule has 0 aromatic rings. The van der Waals surface area contributed by atoms with Crippen molar-refractivity contribution >= 4 is 17.6 Å². The fourth-order valence-electron chi connectivity index (χ4n) is 1.56. The Labute approximate surface area is 137 Å². The molecule has 0 rings (SSSR count). The second-order valence-corrected chi connectivity index (χ2v) is 4.79. The van der Waals surface area contributed by atoms with E-state index in [9.17, 15) is 14.4 Å². The van der Waals surface area contributed by atoms with Crippen molar-refractivity contribution in [3.63, 3.8) is 0 Å². The van der Waals surface area contributed by atoms with Crippen molar-refractivity contribution in [3.8, 4) is 0 Å². The van der Waals surface area contributed by atoms with Gasteiger partial charge < -0.3 is 24.8 Å². The van der Waals surface area contributed by atoms with Gasteiger partial charge in [0.15, 0.2) is 5.78 Å². The molecule has 0 aliphatic heterocycles. The Hall–Kier alpha value is -1.51. The molecule has 0 aromatic heterocycles. The molecule has 0 saturated heterocycles. The molecule has 0 spiro atoms. The fourth-order valence-corrected chi connectivity index (χ4v) is 1.56. The van der Waals surface area contributed by atoms with Crippen molar-refractivity contribution in [3.05, 3.63) is 0 Å². The van der Waals surface area contributed by atoms with Gasteiger partial charge in [0, 0.05) is 33.0 Å². The predicted molar refractivity (Wildman–Crippen MR) is 84.1 cm³/mol. The Morgan fingerprint density at radius 2 is 1.57 bits per heavy atom. The molecule has 0 bridgehead atoms. The van der Waals surface area contributed by atoms with E-state index in [1.54, 1.807) is 6.92 Å². The van der Waals surface area contributed by atoms with Crippen LogP contribution in [0.3, 0.4) is 0 Å². The minimum atomic E-state index is -0.187. The second kappa shape index (κ2) is 15.4. The number of Topliss-reactive ketones (excluding diaryl/α,β-unsaturated/α-hetero) is 1. The summed E-state index contributed by atoms with van der Waals surface area (Å²) in [5.74, 6) is -0.195. The van der Waals surface area contributed by atoms with Crippen LogP contribution in [0.1, 0.15) is 26.2 Å². The number of carbonyl (C=O) groups excluding carboxylic acids is 3. The molecule has 134 valence electrons. The summed E-state index contributed by atoms with van der Waals surface area (Å²) in [6.45, 7) is 3.85. The number of rotatable bonds is 15. The highest BCUT2D eigenvalue weighted by Crippen LogP contribution is 1.91. The van der Waals surface area contributed by atoms with Gasteiger partial charge in [-0.15, -0.1) is 0 Å². The van der Waals surface area contributed by atoms with Crippen LogP contribution in [0.2, 0.25) is 0 Å². The quantitative estimate of drug-likeness (QED) is 0.398. The van der Waals surface area contributed by atoms with E-state index in [0.29, 0.717) is 52.2 Å². The van der Waals surface area contributed by atoms with Crippen LogP contribution in [0.4, 0.5) is 0 Å². The summed E-state index contributed by atoms with van der Waals surface area (Å²) in [4.78, 5) is 33.5. The second-order valence-electron chi connectivity index (χ2n) is 4.79. The first-order valence-electron chi connectivity index (χ1n) is 7.79. The molecule has 0 radical (unpaired) electrons. The molecule has 0 saturated carbocycles. The van der Waals surface area contributed by atoms with Crippen molar-refractivity contribution < 1.29 is 28.6 Å². The number of hydrogen-bond donors (Lipinski definition) is 2. The maximum atomic E-state index is 11.5. The fraction of sp³-hybridized carbons (Fsp3) is 0.800. The van der Waals surface area contributed by atoms with Gasteiger partial charge in [0.1, 0.15) is 13.2 Å². The number of nitrogens with one attached hydrogen (secondary N) is 2. The van der Waals surface area contributed by atoms with E-state index in [-0.39, 0.29) is 30.8 Å². The first-order chi connectivity index (χ1) is 11.1. The summed E-state index contributed by atoms with van der Waals surface area (Å²) in [7, 11) is 1.45. The number of amides is 2. The number of methoxy groups -OCH3 is 1. The normalized spacial score (nSPS) is 10.3. The molecule has 0 aliphatic rings. The third-order valence-electron chi connectivity index (χ3n) is 2.75. The highest BCUT2D eigenvalue weighted by atomic mass is 16.5. The van der Waals surface area contributed by atoms with Gasteiger partial charge in [-0.1, -0.05) is 6.92 Å². The van der Waals surface area contributed by atoms with E-state index < -0.39 is 0 Å². The average Bonchev–Trinajstić information content (AvgIpc) is 2.54. The van der Waals surface area contributed by atoms with Crippen molar-refractivity contribution in [1.29, 1.82) is 0 Å². The zero-order chi connectivity index (χ0) is 17.3. The molecule has 2 N–H and O–H groups in total. The number of hydrogen-bond acceptors (Lipinski definition) is 6. The van der Waals surface area contributed by atoms with Crippen LogP contribution in [0.25, 0.3) is 0 Å².